The first kappa shape index (κ1) is 20.7. The van der Waals surface area contributed by atoms with Crippen LogP contribution in [0.1, 0.15) is 21.7 Å². The molecule has 4 N–H and O–H groups in total. The van der Waals surface area contributed by atoms with E-state index in [0.29, 0.717) is 17.3 Å². The fourth-order valence-corrected chi connectivity index (χ4v) is 3.91. The van der Waals surface area contributed by atoms with Crippen LogP contribution in [-0.2, 0) is 23.0 Å². The van der Waals surface area contributed by atoms with Crippen LogP contribution in [0.5, 0.6) is 0 Å². The van der Waals surface area contributed by atoms with Crippen molar-refractivity contribution in [3.05, 3.63) is 46.2 Å². The van der Waals surface area contributed by atoms with E-state index in [1.165, 1.54) is 12.1 Å². The summed E-state index contributed by atoms with van der Waals surface area (Å²) in [6.07, 6.45) is 0.801. The van der Waals surface area contributed by atoms with Crippen LogP contribution in [0.2, 0.25) is 5.02 Å². The van der Waals surface area contributed by atoms with Gasteiger partial charge < -0.3 is 10.6 Å². The summed E-state index contributed by atoms with van der Waals surface area (Å²) in [4.78, 5) is 12.3. The highest BCUT2D eigenvalue weighted by atomic mass is 35.5. The molecule has 0 spiro atoms. The van der Waals surface area contributed by atoms with Gasteiger partial charge in [0.05, 0.1) is 4.90 Å². The van der Waals surface area contributed by atoms with E-state index >= 15 is 0 Å². The molecule has 1 aliphatic heterocycles. The van der Waals surface area contributed by atoms with Crippen LogP contribution in [0.3, 0.4) is 0 Å². The van der Waals surface area contributed by atoms with Gasteiger partial charge in [-0.25, -0.2) is 13.1 Å². The van der Waals surface area contributed by atoms with Crippen molar-refractivity contribution in [1.82, 2.24) is 25.6 Å². The fraction of sp³-hybridized carbons (Fsp3) is 0.333. The fourth-order valence-electron chi connectivity index (χ4n) is 2.58. The summed E-state index contributed by atoms with van der Waals surface area (Å²) in [6.45, 7) is 1.65. The Morgan fingerprint density at radius 3 is 2.88 bits per heavy atom. The topological polar surface area (TPSA) is 116 Å². The maximum Gasteiger partial charge on any atom is 0.272 e. The molecule has 26 heavy (non-hydrogen) atoms. The molecule has 1 aromatic heterocycles. The molecule has 0 saturated carbocycles. The Kier molecular flexibility index (Phi) is 7.01. The predicted octanol–water partition coefficient (Wildman–Crippen LogP) is 0.839. The van der Waals surface area contributed by atoms with Crippen molar-refractivity contribution in [3.63, 3.8) is 0 Å². The Balaban J connectivity index is 0.00000243. The second-order valence-corrected chi connectivity index (χ2v) is 7.77. The van der Waals surface area contributed by atoms with E-state index in [1.54, 1.807) is 12.1 Å². The van der Waals surface area contributed by atoms with Crippen LogP contribution in [-0.4, -0.2) is 44.2 Å². The standard InChI is InChI=1S/C15H18ClN5O3S.ClH/c16-10-2-1-3-11(8-10)25(23,24)19-7-6-18-15(22)14-12-9-17-5-4-13(12)20-21-14;/h1-3,8,17,19H,4-7,9H2,(H,18,22)(H,20,21);1H. The summed E-state index contributed by atoms with van der Waals surface area (Å²) in [7, 11) is -3.67. The number of carbonyl (C=O) groups is 1. The molecule has 0 radical (unpaired) electrons. The molecule has 0 unspecified atom stereocenters. The molecule has 1 aromatic carbocycles. The van der Waals surface area contributed by atoms with Gasteiger partial charge in [0.2, 0.25) is 10.0 Å². The molecular formula is C15H19Cl2N5O3S. The monoisotopic (exact) mass is 419 g/mol. The van der Waals surface area contributed by atoms with E-state index in [9.17, 15) is 13.2 Å². The van der Waals surface area contributed by atoms with Crippen LogP contribution in [0.25, 0.3) is 0 Å². The third kappa shape index (κ3) is 4.74. The summed E-state index contributed by atoms with van der Waals surface area (Å²) < 4.78 is 26.7. The number of nitrogens with zero attached hydrogens (tertiary/aromatic N) is 1. The lowest BCUT2D eigenvalue weighted by Crippen LogP contribution is -2.35. The van der Waals surface area contributed by atoms with Crippen molar-refractivity contribution in [2.75, 3.05) is 19.6 Å². The summed E-state index contributed by atoms with van der Waals surface area (Å²) in [5.74, 6) is -0.330. The van der Waals surface area contributed by atoms with Crippen molar-refractivity contribution >= 4 is 39.9 Å². The average Bonchev–Trinajstić information content (AvgIpc) is 3.03. The Morgan fingerprint density at radius 1 is 1.31 bits per heavy atom. The number of halogens is 2. The highest BCUT2D eigenvalue weighted by Gasteiger charge is 2.21. The third-order valence-corrected chi connectivity index (χ3v) is 5.52. The molecule has 0 aliphatic carbocycles. The van der Waals surface area contributed by atoms with Gasteiger partial charge in [0.15, 0.2) is 5.69 Å². The summed E-state index contributed by atoms with van der Waals surface area (Å²) in [6, 6.07) is 5.98. The molecule has 0 saturated heterocycles. The number of benzene rings is 1. The molecule has 0 atom stereocenters. The van der Waals surface area contributed by atoms with Crippen molar-refractivity contribution in [3.8, 4) is 0 Å². The summed E-state index contributed by atoms with van der Waals surface area (Å²) >= 11 is 5.80. The molecule has 1 amide bonds. The third-order valence-electron chi connectivity index (χ3n) is 3.83. The molecule has 8 nitrogen and oxygen atoms in total. The van der Waals surface area contributed by atoms with Gasteiger partial charge in [-0.05, 0) is 18.2 Å². The average molecular weight is 420 g/mol. The van der Waals surface area contributed by atoms with Gasteiger partial charge in [-0.15, -0.1) is 12.4 Å². The Bertz CT molecular complexity index is 885. The van der Waals surface area contributed by atoms with E-state index in [-0.39, 0.29) is 36.3 Å². The van der Waals surface area contributed by atoms with Crippen LogP contribution < -0.4 is 15.4 Å². The number of H-pyrrole nitrogens is 1. The van der Waals surface area contributed by atoms with Crippen molar-refractivity contribution in [2.45, 2.75) is 17.9 Å². The van der Waals surface area contributed by atoms with Gasteiger partial charge in [0, 0.05) is 48.9 Å². The highest BCUT2D eigenvalue weighted by molar-refractivity contribution is 7.89. The smallest absolute Gasteiger partial charge is 0.272 e. The molecule has 3 rings (SSSR count). The quantitative estimate of drug-likeness (QED) is 0.517. The van der Waals surface area contributed by atoms with Gasteiger partial charge in [0.1, 0.15) is 0 Å². The van der Waals surface area contributed by atoms with E-state index in [0.717, 1.165) is 24.2 Å². The lowest BCUT2D eigenvalue weighted by molar-refractivity contribution is 0.0948. The number of amides is 1. The first-order valence-electron chi connectivity index (χ1n) is 7.77. The lowest BCUT2D eigenvalue weighted by atomic mass is 10.1. The first-order chi connectivity index (χ1) is 12.0. The minimum Gasteiger partial charge on any atom is -0.349 e. The largest absolute Gasteiger partial charge is 0.349 e. The number of sulfonamides is 1. The van der Waals surface area contributed by atoms with E-state index in [2.05, 4.69) is 25.6 Å². The number of carbonyl (C=O) groups excluding carboxylic acids is 1. The summed E-state index contributed by atoms with van der Waals surface area (Å²) in [5.41, 5.74) is 2.17. The molecule has 2 heterocycles. The van der Waals surface area contributed by atoms with Gasteiger partial charge in [-0.1, -0.05) is 17.7 Å². The zero-order chi connectivity index (χ0) is 17.9. The Labute approximate surface area is 162 Å². The molecular weight excluding hydrogens is 401 g/mol. The molecule has 1 aliphatic rings. The maximum atomic E-state index is 12.2. The van der Waals surface area contributed by atoms with Crippen molar-refractivity contribution in [2.24, 2.45) is 0 Å². The summed E-state index contributed by atoms with van der Waals surface area (Å²) in [5, 5.41) is 13.1. The molecule has 0 fully saturated rings. The normalized spacial score (nSPS) is 13.6. The predicted molar refractivity (Wildman–Crippen MR) is 100 cm³/mol. The minimum absolute atomic E-state index is 0. The van der Waals surface area contributed by atoms with Crippen molar-refractivity contribution < 1.29 is 13.2 Å². The highest BCUT2D eigenvalue weighted by Crippen LogP contribution is 2.16. The van der Waals surface area contributed by atoms with Gasteiger partial charge in [-0.3, -0.25) is 9.89 Å². The SMILES string of the molecule is Cl.O=C(NCCNS(=O)(=O)c1cccc(Cl)c1)c1n[nH]c2c1CNCC2. The molecule has 2 aromatic rings. The maximum absolute atomic E-state index is 12.2. The van der Waals surface area contributed by atoms with Crippen LogP contribution in [0.15, 0.2) is 29.2 Å². The number of rotatable bonds is 6. The number of hydrogen-bond donors (Lipinski definition) is 4. The number of fused-ring (bicyclic) bond motifs is 1. The molecule has 142 valence electrons. The number of aromatic nitrogens is 2. The Morgan fingerprint density at radius 2 is 2.12 bits per heavy atom. The van der Waals surface area contributed by atoms with Crippen LogP contribution in [0, 0.1) is 0 Å². The van der Waals surface area contributed by atoms with Crippen LogP contribution >= 0.6 is 24.0 Å². The Hall–Kier alpha value is -1.65. The van der Waals surface area contributed by atoms with Gasteiger partial charge in [-0.2, -0.15) is 5.10 Å². The zero-order valence-corrected chi connectivity index (χ0v) is 16.1. The zero-order valence-electron chi connectivity index (χ0n) is 13.7. The first-order valence-corrected chi connectivity index (χ1v) is 9.64. The number of nitrogens with one attached hydrogen (secondary N) is 4. The van der Waals surface area contributed by atoms with Crippen molar-refractivity contribution in [1.29, 1.82) is 0 Å². The minimum atomic E-state index is -3.67. The molecule has 0 bridgehead atoms. The lowest BCUT2D eigenvalue weighted by Gasteiger charge is -2.13. The van der Waals surface area contributed by atoms with Gasteiger partial charge >= 0.3 is 0 Å². The number of aromatic amines is 1. The van der Waals surface area contributed by atoms with E-state index in [4.69, 9.17) is 11.6 Å². The van der Waals surface area contributed by atoms with E-state index < -0.39 is 10.0 Å². The molecule has 11 heteroatoms. The second-order valence-electron chi connectivity index (χ2n) is 5.57. The van der Waals surface area contributed by atoms with Crippen LogP contribution in [0.4, 0.5) is 0 Å². The van der Waals surface area contributed by atoms with Gasteiger partial charge in [0.25, 0.3) is 5.91 Å². The van der Waals surface area contributed by atoms with E-state index in [1.807, 2.05) is 0 Å². The second kappa shape index (κ2) is 8.83. The number of hydrogen-bond acceptors (Lipinski definition) is 5.